The fourth-order valence-electron chi connectivity index (χ4n) is 3.60. The third-order valence-corrected chi connectivity index (χ3v) is 6.22. The smallest absolute Gasteiger partial charge is 0.460 e. The number of alkyl halides is 15. The van der Waals surface area contributed by atoms with Crippen LogP contribution in [-0.4, -0.2) is 78.9 Å². The quantitative estimate of drug-likeness (QED) is 0.0671. The number of halogens is 15. The summed E-state index contributed by atoms with van der Waals surface area (Å²) >= 11 is 0. The van der Waals surface area contributed by atoms with Gasteiger partial charge in [-0.3, -0.25) is 0 Å². The van der Waals surface area contributed by atoms with Gasteiger partial charge < -0.3 is 14.2 Å². The molecule has 0 unspecified atom stereocenters. The van der Waals surface area contributed by atoms with Crippen molar-refractivity contribution < 1.29 is 89.5 Å². The van der Waals surface area contributed by atoms with Crippen molar-refractivity contribution in [2.45, 2.75) is 81.5 Å². The molecule has 0 aliphatic carbocycles. The summed E-state index contributed by atoms with van der Waals surface area (Å²) in [7, 11) is 0. The zero-order chi connectivity index (χ0) is 38.8. The second-order valence-electron chi connectivity index (χ2n) is 10.3. The van der Waals surface area contributed by atoms with Gasteiger partial charge in [0.1, 0.15) is 12.4 Å². The number of rotatable bonds is 22. The zero-order valence-electron chi connectivity index (χ0n) is 26.1. The van der Waals surface area contributed by atoms with Crippen LogP contribution in [0.25, 0.3) is 11.4 Å². The van der Waals surface area contributed by atoms with Gasteiger partial charge in [-0.1, -0.05) is 12.2 Å². The first-order chi connectivity index (χ1) is 23.4. The van der Waals surface area contributed by atoms with E-state index in [1.165, 1.54) is 24.5 Å². The Morgan fingerprint density at radius 3 is 1.71 bits per heavy atom. The SMILES string of the molecule is CC=CCCCCCOc1cnc(-c2ccc(OCCCOCC(F)(F)OC(F)(F)C(F)(F)OC(F)(F)C(F)(F)C(F)(F)C(F)(F)F)cc2)nc1. The highest BCUT2D eigenvalue weighted by Gasteiger charge is 2.85. The maximum atomic E-state index is 13.7. The first kappa shape index (κ1) is 43.6. The van der Waals surface area contributed by atoms with E-state index in [1.807, 2.05) is 13.0 Å². The average Bonchev–Trinajstić information content (AvgIpc) is 3.01. The second-order valence-corrected chi connectivity index (χ2v) is 10.3. The minimum atomic E-state index is -7.92. The van der Waals surface area contributed by atoms with E-state index in [0.717, 1.165) is 25.7 Å². The van der Waals surface area contributed by atoms with Crippen LogP contribution in [0.5, 0.6) is 11.5 Å². The van der Waals surface area contributed by atoms with Crippen LogP contribution in [0.3, 0.4) is 0 Å². The minimum absolute atomic E-state index is 0.247. The molecule has 2 aromatic rings. The fourth-order valence-corrected chi connectivity index (χ4v) is 3.60. The summed E-state index contributed by atoms with van der Waals surface area (Å²) in [5, 5.41) is 0. The van der Waals surface area contributed by atoms with Crippen molar-refractivity contribution >= 4 is 0 Å². The number of nitrogens with zero attached hydrogens (tertiary/aromatic N) is 2. The molecule has 1 aromatic carbocycles. The van der Waals surface area contributed by atoms with Crippen molar-refractivity contribution in [3.05, 3.63) is 48.8 Å². The third kappa shape index (κ3) is 12.0. The number of unbranched alkanes of at least 4 members (excludes halogenated alkanes) is 3. The van der Waals surface area contributed by atoms with Gasteiger partial charge in [0.25, 0.3) is 0 Å². The molecule has 1 aromatic heterocycles. The lowest BCUT2D eigenvalue weighted by Gasteiger charge is -2.36. The van der Waals surface area contributed by atoms with Crippen LogP contribution in [0.15, 0.2) is 48.8 Å². The van der Waals surface area contributed by atoms with E-state index >= 15 is 0 Å². The number of hydrogen-bond donors (Lipinski definition) is 0. The van der Waals surface area contributed by atoms with E-state index in [2.05, 4.69) is 25.5 Å². The summed E-state index contributed by atoms with van der Waals surface area (Å²) in [6.07, 6.45) is -24.3. The highest BCUT2D eigenvalue weighted by Crippen LogP contribution is 2.56. The predicted octanol–water partition coefficient (Wildman–Crippen LogP) is 9.68. The first-order valence-electron chi connectivity index (χ1n) is 14.5. The van der Waals surface area contributed by atoms with Crippen LogP contribution in [0.4, 0.5) is 65.9 Å². The van der Waals surface area contributed by atoms with E-state index in [-0.39, 0.29) is 18.8 Å². The van der Waals surface area contributed by atoms with Gasteiger partial charge in [0.05, 0.1) is 32.2 Å². The number of aromatic nitrogens is 2. The maximum absolute atomic E-state index is 13.7. The van der Waals surface area contributed by atoms with Gasteiger partial charge in [0.15, 0.2) is 11.6 Å². The molecule has 0 fully saturated rings. The van der Waals surface area contributed by atoms with Crippen molar-refractivity contribution in [3.8, 4) is 22.9 Å². The Hall–Kier alpha value is -3.53. The molecule has 22 heteroatoms. The van der Waals surface area contributed by atoms with Gasteiger partial charge >= 0.3 is 42.5 Å². The molecule has 290 valence electrons. The zero-order valence-corrected chi connectivity index (χ0v) is 26.1. The monoisotopic (exact) mass is 770 g/mol. The number of ether oxygens (including phenoxy) is 5. The van der Waals surface area contributed by atoms with Gasteiger partial charge in [0, 0.05) is 12.0 Å². The van der Waals surface area contributed by atoms with Gasteiger partial charge in [-0.05, 0) is 56.9 Å². The molecule has 2 rings (SSSR count). The summed E-state index contributed by atoms with van der Waals surface area (Å²) < 4.78 is 215. The lowest BCUT2D eigenvalue weighted by atomic mass is 10.1. The lowest BCUT2D eigenvalue weighted by Crippen LogP contribution is -2.64. The molecule has 0 amide bonds. The van der Waals surface area contributed by atoms with Crippen molar-refractivity contribution in [3.63, 3.8) is 0 Å². The van der Waals surface area contributed by atoms with E-state index < -0.39 is 55.7 Å². The van der Waals surface area contributed by atoms with Gasteiger partial charge in [0.2, 0.25) is 0 Å². The average molecular weight is 771 g/mol. The summed E-state index contributed by atoms with van der Waals surface area (Å²) in [5.41, 5.74) is 0.577. The number of benzene rings is 1. The molecule has 0 atom stereocenters. The molecule has 0 N–H and O–H groups in total. The van der Waals surface area contributed by atoms with Crippen LogP contribution in [0.1, 0.15) is 39.0 Å². The molecule has 0 aliphatic heterocycles. The number of hydrogen-bond acceptors (Lipinski definition) is 7. The predicted molar refractivity (Wildman–Crippen MR) is 145 cm³/mol. The molecular weight excluding hydrogens is 741 g/mol. The van der Waals surface area contributed by atoms with Crippen LogP contribution in [0, 0.1) is 0 Å². The second kappa shape index (κ2) is 17.3. The summed E-state index contributed by atoms with van der Waals surface area (Å²) in [6.45, 7) is -0.831. The Morgan fingerprint density at radius 1 is 0.588 bits per heavy atom. The third-order valence-electron chi connectivity index (χ3n) is 6.22. The number of allylic oxidation sites excluding steroid dienone is 2. The summed E-state index contributed by atoms with van der Waals surface area (Å²) in [4.78, 5) is 8.43. The molecule has 0 bridgehead atoms. The van der Waals surface area contributed by atoms with E-state index in [0.29, 0.717) is 23.7 Å². The molecule has 0 spiro atoms. The molecular formula is C29H29F15N2O5. The Kier molecular flexibility index (Phi) is 14.8. The Balaban J connectivity index is 1.80. The van der Waals surface area contributed by atoms with Crippen LogP contribution < -0.4 is 9.47 Å². The Labute approximate surface area is 279 Å². The molecule has 51 heavy (non-hydrogen) atoms. The molecule has 1 heterocycles. The highest BCUT2D eigenvalue weighted by molar-refractivity contribution is 5.56. The normalized spacial score (nSPS) is 14.0. The maximum Gasteiger partial charge on any atom is 0.460 e. The van der Waals surface area contributed by atoms with Crippen molar-refractivity contribution in [1.29, 1.82) is 0 Å². The minimum Gasteiger partial charge on any atom is -0.494 e. The van der Waals surface area contributed by atoms with E-state index in [4.69, 9.17) is 9.47 Å². The van der Waals surface area contributed by atoms with Gasteiger partial charge in [-0.25, -0.2) is 19.4 Å². The molecule has 0 radical (unpaired) electrons. The van der Waals surface area contributed by atoms with E-state index in [9.17, 15) is 65.9 Å². The topological polar surface area (TPSA) is 71.9 Å². The summed E-state index contributed by atoms with van der Waals surface area (Å²) in [5.74, 6) is -14.6. The van der Waals surface area contributed by atoms with Crippen molar-refractivity contribution in [1.82, 2.24) is 9.97 Å². The summed E-state index contributed by atoms with van der Waals surface area (Å²) in [6, 6.07) is 6.10. The molecule has 0 saturated heterocycles. The van der Waals surface area contributed by atoms with Gasteiger partial charge in [-0.15, -0.1) is 0 Å². The molecule has 7 nitrogen and oxygen atoms in total. The van der Waals surface area contributed by atoms with Crippen LogP contribution in [-0.2, 0) is 14.2 Å². The molecule has 0 aliphatic rings. The highest BCUT2D eigenvalue weighted by atomic mass is 19.4. The Bertz CT molecular complexity index is 1370. The Morgan fingerprint density at radius 2 is 1.14 bits per heavy atom. The largest absolute Gasteiger partial charge is 0.494 e. The van der Waals surface area contributed by atoms with Crippen molar-refractivity contribution in [2.24, 2.45) is 0 Å². The lowest BCUT2D eigenvalue weighted by molar-refractivity contribution is -0.543. The van der Waals surface area contributed by atoms with Gasteiger partial charge in [-0.2, -0.15) is 65.9 Å². The van der Waals surface area contributed by atoms with Crippen molar-refractivity contribution in [2.75, 3.05) is 26.4 Å². The standard InChI is InChI=1S/C29H29F15N2O5/c1-2-3-4-5-6-7-14-49-21-16-45-22(46-17-21)19-9-11-20(12-10-19)48-15-8-13-47-18-23(30,31)50-28(41,42)29(43,44)51-27(39,40)25(34,35)24(32,33)26(36,37)38/h2-3,9-12,16-17H,4-8,13-15,18H2,1H3. The van der Waals surface area contributed by atoms with Crippen LogP contribution in [0.2, 0.25) is 0 Å². The molecule has 0 saturated carbocycles. The van der Waals surface area contributed by atoms with E-state index in [1.54, 1.807) is 16.9 Å². The fraction of sp³-hybridized carbons (Fsp3) is 0.586. The van der Waals surface area contributed by atoms with Crippen LogP contribution >= 0.6 is 0 Å². The first-order valence-corrected chi connectivity index (χ1v) is 14.5.